The minimum atomic E-state index is -0.647. The molecule has 0 aromatic rings. The first-order chi connectivity index (χ1) is 6.37. The van der Waals surface area contributed by atoms with Crippen molar-refractivity contribution in [2.24, 2.45) is 23.0 Å². The average Bonchev–Trinajstić information content (AvgIpc) is 2.51. The summed E-state index contributed by atoms with van der Waals surface area (Å²) < 4.78 is 0. The van der Waals surface area contributed by atoms with E-state index < -0.39 is 5.91 Å². The van der Waals surface area contributed by atoms with Gasteiger partial charge in [-0.15, -0.1) is 0 Å². The Morgan fingerprint density at radius 3 is 2.14 bits per heavy atom. The number of nitrogens with zero attached hydrogens (tertiary/aromatic N) is 1. The molecule has 1 saturated carbocycles. The maximum Gasteiger partial charge on any atom is 0.237 e. The molecule has 5 nitrogen and oxygen atoms in total. The Kier molecular flexibility index (Phi) is 1.54. The summed E-state index contributed by atoms with van der Waals surface area (Å²) in [6.45, 7) is 3.50. The molecule has 3 amide bonds. The van der Waals surface area contributed by atoms with Gasteiger partial charge in [-0.2, -0.15) is 0 Å². The van der Waals surface area contributed by atoms with Gasteiger partial charge in [0.05, 0.1) is 11.8 Å². The molecule has 2 unspecified atom stereocenters. The highest BCUT2D eigenvalue weighted by molar-refractivity contribution is 6.11. The maximum atomic E-state index is 11.6. The summed E-state index contributed by atoms with van der Waals surface area (Å²) >= 11 is 0. The van der Waals surface area contributed by atoms with Crippen LogP contribution < -0.4 is 5.73 Å². The van der Waals surface area contributed by atoms with Gasteiger partial charge in [0.15, 0.2) is 0 Å². The predicted molar refractivity (Wildman–Crippen MR) is 46.7 cm³/mol. The average molecular weight is 196 g/mol. The van der Waals surface area contributed by atoms with Crippen molar-refractivity contribution in [1.29, 1.82) is 0 Å². The molecule has 2 aliphatic rings. The Morgan fingerprint density at radius 1 is 1.36 bits per heavy atom. The summed E-state index contributed by atoms with van der Waals surface area (Å²) in [5, 5.41) is 0. The fraction of sp³-hybridized carbons (Fsp3) is 0.667. The minimum absolute atomic E-state index is 0.220. The molecule has 2 fully saturated rings. The Morgan fingerprint density at radius 2 is 1.79 bits per heavy atom. The molecule has 14 heavy (non-hydrogen) atoms. The van der Waals surface area contributed by atoms with Gasteiger partial charge < -0.3 is 5.73 Å². The number of carbonyl (C=O) groups excluding carboxylic acids is 3. The maximum absolute atomic E-state index is 11.6. The van der Waals surface area contributed by atoms with Crippen LogP contribution in [0.4, 0.5) is 0 Å². The summed E-state index contributed by atoms with van der Waals surface area (Å²) in [5.41, 5.74) is 4.72. The van der Waals surface area contributed by atoms with Gasteiger partial charge in [-0.3, -0.25) is 19.3 Å². The van der Waals surface area contributed by atoms with Crippen molar-refractivity contribution in [2.75, 3.05) is 6.54 Å². The van der Waals surface area contributed by atoms with Gasteiger partial charge in [0, 0.05) is 0 Å². The third-order valence-corrected chi connectivity index (χ3v) is 3.21. The number of amides is 3. The van der Waals surface area contributed by atoms with E-state index in [1.807, 2.05) is 13.8 Å². The summed E-state index contributed by atoms with van der Waals surface area (Å²) in [6, 6.07) is 0. The number of carbonyl (C=O) groups is 3. The molecule has 0 radical (unpaired) electrons. The molecule has 0 spiro atoms. The highest BCUT2D eigenvalue weighted by Gasteiger charge is 2.72. The minimum Gasteiger partial charge on any atom is -0.368 e. The molecule has 0 aromatic carbocycles. The first-order valence-corrected chi connectivity index (χ1v) is 4.51. The molecule has 0 bridgehead atoms. The summed E-state index contributed by atoms with van der Waals surface area (Å²) in [6.07, 6.45) is 0. The van der Waals surface area contributed by atoms with Crippen LogP contribution in [0.15, 0.2) is 0 Å². The van der Waals surface area contributed by atoms with Crippen molar-refractivity contribution in [3.63, 3.8) is 0 Å². The van der Waals surface area contributed by atoms with Crippen LogP contribution in [0.1, 0.15) is 13.8 Å². The first-order valence-electron chi connectivity index (χ1n) is 4.51. The largest absolute Gasteiger partial charge is 0.368 e. The Hall–Kier alpha value is -1.39. The van der Waals surface area contributed by atoms with E-state index in [1.54, 1.807) is 0 Å². The van der Waals surface area contributed by atoms with Gasteiger partial charge >= 0.3 is 0 Å². The Bertz CT molecular complexity index is 324. The third kappa shape index (κ3) is 0.921. The number of piperidine rings is 1. The SMILES string of the molecule is CC1(C)C2C(=O)N(CC(N)=O)C(=O)C21. The van der Waals surface area contributed by atoms with Crippen LogP contribution in [0.2, 0.25) is 0 Å². The molecule has 2 N–H and O–H groups in total. The normalized spacial score (nSPS) is 33.1. The van der Waals surface area contributed by atoms with Crippen molar-refractivity contribution >= 4 is 17.7 Å². The molecule has 5 heteroatoms. The van der Waals surface area contributed by atoms with E-state index in [2.05, 4.69) is 0 Å². The second-order valence-corrected chi connectivity index (χ2v) is 4.51. The van der Waals surface area contributed by atoms with Crippen molar-refractivity contribution in [3.05, 3.63) is 0 Å². The molecule has 1 saturated heterocycles. The second kappa shape index (κ2) is 2.34. The fourth-order valence-electron chi connectivity index (χ4n) is 2.32. The third-order valence-electron chi connectivity index (χ3n) is 3.21. The number of hydrogen-bond donors (Lipinski definition) is 1. The molecular formula is C9H12N2O3. The van der Waals surface area contributed by atoms with Crippen molar-refractivity contribution in [2.45, 2.75) is 13.8 Å². The van der Waals surface area contributed by atoms with Crippen molar-refractivity contribution < 1.29 is 14.4 Å². The zero-order valence-corrected chi connectivity index (χ0v) is 8.11. The first kappa shape index (κ1) is 9.18. The number of hydrogen-bond acceptors (Lipinski definition) is 3. The predicted octanol–water partition coefficient (Wildman–Crippen LogP) is -0.887. The quantitative estimate of drug-likeness (QED) is 0.582. The number of imide groups is 1. The van der Waals surface area contributed by atoms with Gasteiger partial charge in [-0.25, -0.2) is 0 Å². The molecule has 0 aromatic heterocycles. The van der Waals surface area contributed by atoms with Crippen molar-refractivity contribution in [3.8, 4) is 0 Å². The van der Waals surface area contributed by atoms with Gasteiger partial charge in [0.25, 0.3) is 0 Å². The van der Waals surface area contributed by atoms with Crippen molar-refractivity contribution in [1.82, 2.24) is 4.90 Å². The monoisotopic (exact) mass is 196 g/mol. The highest BCUT2D eigenvalue weighted by Crippen LogP contribution is 2.63. The number of primary amides is 1. The molecule has 1 aliphatic carbocycles. The zero-order chi connectivity index (χ0) is 10.7. The summed E-state index contributed by atoms with van der Waals surface area (Å²) in [7, 11) is 0. The lowest BCUT2D eigenvalue weighted by Crippen LogP contribution is -2.41. The van der Waals surface area contributed by atoms with Gasteiger partial charge in [0.2, 0.25) is 17.7 Å². The molecule has 76 valence electrons. The van der Waals surface area contributed by atoms with E-state index in [1.165, 1.54) is 0 Å². The lowest BCUT2D eigenvalue weighted by molar-refractivity contribution is -0.145. The molecule has 2 rings (SSSR count). The number of fused-ring (bicyclic) bond motifs is 1. The smallest absolute Gasteiger partial charge is 0.237 e. The number of nitrogens with two attached hydrogens (primary N) is 1. The number of rotatable bonds is 2. The topological polar surface area (TPSA) is 80.5 Å². The number of likely N-dealkylation sites (tertiary alicyclic amines) is 1. The van der Waals surface area contributed by atoms with Crippen LogP contribution in [-0.2, 0) is 14.4 Å². The van der Waals surface area contributed by atoms with E-state index in [9.17, 15) is 14.4 Å². The fourth-order valence-corrected chi connectivity index (χ4v) is 2.32. The Labute approximate surface area is 81.2 Å². The van der Waals surface area contributed by atoms with Crippen LogP contribution in [0.25, 0.3) is 0 Å². The van der Waals surface area contributed by atoms with E-state index in [0.717, 1.165) is 4.90 Å². The van der Waals surface area contributed by atoms with Gasteiger partial charge in [-0.1, -0.05) is 13.8 Å². The molecule has 1 heterocycles. The van der Waals surface area contributed by atoms with Gasteiger partial charge in [-0.05, 0) is 5.41 Å². The van der Waals surface area contributed by atoms with Gasteiger partial charge in [0.1, 0.15) is 6.54 Å². The summed E-state index contributed by atoms with van der Waals surface area (Å²) in [4.78, 5) is 34.8. The zero-order valence-electron chi connectivity index (χ0n) is 8.11. The van der Waals surface area contributed by atoms with E-state index >= 15 is 0 Å². The van der Waals surface area contributed by atoms with E-state index in [-0.39, 0.29) is 35.6 Å². The molecule has 1 aliphatic heterocycles. The second-order valence-electron chi connectivity index (χ2n) is 4.51. The molecular weight excluding hydrogens is 184 g/mol. The Balaban J connectivity index is 2.18. The van der Waals surface area contributed by atoms with Crippen LogP contribution >= 0.6 is 0 Å². The lowest BCUT2D eigenvalue weighted by atomic mass is 10.1. The van der Waals surface area contributed by atoms with E-state index in [0.29, 0.717) is 0 Å². The van der Waals surface area contributed by atoms with Crippen LogP contribution in [0.3, 0.4) is 0 Å². The summed E-state index contributed by atoms with van der Waals surface area (Å²) in [5.74, 6) is -1.60. The van der Waals surface area contributed by atoms with Crippen LogP contribution in [-0.4, -0.2) is 29.2 Å². The molecule has 2 atom stereocenters. The lowest BCUT2D eigenvalue weighted by Gasteiger charge is -2.18. The standard InChI is InChI=1S/C9H12N2O3/c1-9(2)5-6(9)8(14)11(7(5)13)3-4(10)12/h5-6H,3H2,1-2H3,(H2,10,12). The van der Waals surface area contributed by atoms with E-state index in [4.69, 9.17) is 5.73 Å². The highest BCUT2D eigenvalue weighted by atomic mass is 16.2. The van der Waals surface area contributed by atoms with Crippen LogP contribution in [0, 0.1) is 17.3 Å². The van der Waals surface area contributed by atoms with Crippen LogP contribution in [0.5, 0.6) is 0 Å².